The molecule has 0 aliphatic carbocycles. The molecule has 1 amide bonds. The van der Waals surface area contributed by atoms with Gasteiger partial charge in [0.15, 0.2) is 5.76 Å². The highest BCUT2D eigenvalue weighted by molar-refractivity contribution is 5.98. The minimum atomic E-state index is -0.754. The number of hydrogen-bond donors (Lipinski definition) is 1. The van der Waals surface area contributed by atoms with E-state index in [0.717, 1.165) is 11.3 Å². The normalized spacial score (nSPS) is 11.0. The second-order valence-corrected chi connectivity index (χ2v) is 5.44. The van der Waals surface area contributed by atoms with Gasteiger partial charge in [0, 0.05) is 0 Å². The third-order valence-corrected chi connectivity index (χ3v) is 3.58. The van der Waals surface area contributed by atoms with Crippen LogP contribution in [0.1, 0.15) is 30.0 Å². The van der Waals surface area contributed by atoms with Gasteiger partial charge >= 0.3 is 0 Å². The van der Waals surface area contributed by atoms with Gasteiger partial charge in [-0.3, -0.25) is 9.59 Å². The van der Waals surface area contributed by atoms with Crippen molar-refractivity contribution in [1.82, 2.24) is 5.32 Å². The van der Waals surface area contributed by atoms with E-state index in [4.69, 9.17) is 9.15 Å². The summed E-state index contributed by atoms with van der Waals surface area (Å²) >= 11 is 0. The molecule has 0 atom stereocenters. The van der Waals surface area contributed by atoms with E-state index < -0.39 is 5.41 Å². The van der Waals surface area contributed by atoms with Gasteiger partial charge in [0.25, 0.3) is 0 Å². The van der Waals surface area contributed by atoms with Gasteiger partial charge in [-0.2, -0.15) is 0 Å². The Kier molecular flexibility index (Phi) is 4.65. The maximum absolute atomic E-state index is 12.4. The molecule has 5 nitrogen and oxygen atoms in total. The molecule has 0 saturated heterocycles. The minimum absolute atomic E-state index is 0.0913. The highest BCUT2D eigenvalue weighted by atomic mass is 16.5. The molecule has 0 spiro atoms. The van der Waals surface area contributed by atoms with Gasteiger partial charge in [-0.25, -0.2) is 0 Å². The molecule has 0 aliphatic rings. The number of Topliss-reactive ketones (excluding diaryl/α,β-unsaturated/α-hetero) is 1. The molecule has 1 aromatic heterocycles. The van der Waals surface area contributed by atoms with Gasteiger partial charge < -0.3 is 14.5 Å². The average molecular weight is 301 g/mol. The molecule has 1 heterocycles. The molecular formula is C17H19NO4. The van der Waals surface area contributed by atoms with Crippen LogP contribution in [0.4, 0.5) is 0 Å². The van der Waals surface area contributed by atoms with Crippen LogP contribution >= 0.6 is 0 Å². The number of ether oxygens (including phenoxy) is 1. The summed E-state index contributed by atoms with van der Waals surface area (Å²) in [6, 6.07) is 10.5. The van der Waals surface area contributed by atoms with E-state index in [1.807, 2.05) is 26.0 Å². The molecule has 0 saturated carbocycles. The third-order valence-electron chi connectivity index (χ3n) is 3.58. The Morgan fingerprint density at radius 1 is 1.18 bits per heavy atom. The number of hydrogen-bond acceptors (Lipinski definition) is 4. The molecule has 2 rings (SSSR count). The number of carbonyl (C=O) groups is 2. The number of benzene rings is 1. The first-order valence-corrected chi connectivity index (χ1v) is 6.94. The summed E-state index contributed by atoms with van der Waals surface area (Å²) in [6.07, 6.45) is 1.43. The van der Waals surface area contributed by atoms with E-state index in [1.54, 1.807) is 31.4 Å². The van der Waals surface area contributed by atoms with E-state index >= 15 is 0 Å². The van der Waals surface area contributed by atoms with Crippen LogP contribution in [0.25, 0.3) is 0 Å². The van der Waals surface area contributed by atoms with E-state index in [1.165, 1.54) is 6.26 Å². The summed E-state index contributed by atoms with van der Waals surface area (Å²) in [5.74, 6) is 0.483. The van der Waals surface area contributed by atoms with Crippen molar-refractivity contribution in [2.24, 2.45) is 0 Å². The van der Waals surface area contributed by atoms with Crippen molar-refractivity contribution in [2.75, 3.05) is 13.7 Å². The predicted molar refractivity (Wildman–Crippen MR) is 82.1 cm³/mol. The zero-order chi connectivity index (χ0) is 16.2. The van der Waals surface area contributed by atoms with E-state index in [9.17, 15) is 9.59 Å². The molecule has 5 heteroatoms. The highest BCUT2D eigenvalue weighted by Crippen LogP contribution is 2.25. The van der Waals surface area contributed by atoms with E-state index in [-0.39, 0.29) is 24.0 Å². The van der Waals surface area contributed by atoms with Crippen LogP contribution in [-0.2, 0) is 10.2 Å². The lowest BCUT2D eigenvalue weighted by Gasteiger charge is -2.24. The lowest BCUT2D eigenvalue weighted by molar-refractivity contribution is -0.125. The maximum Gasteiger partial charge on any atom is 0.230 e. The number of carbonyl (C=O) groups excluding carboxylic acids is 2. The first-order chi connectivity index (χ1) is 10.4. The first kappa shape index (κ1) is 15.8. The minimum Gasteiger partial charge on any atom is -0.497 e. The number of ketones is 1. The Morgan fingerprint density at radius 2 is 1.86 bits per heavy atom. The number of amides is 1. The maximum atomic E-state index is 12.4. The van der Waals surface area contributed by atoms with Gasteiger partial charge in [-0.1, -0.05) is 12.1 Å². The summed E-state index contributed by atoms with van der Waals surface area (Å²) in [5, 5.41) is 2.66. The molecule has 2 aromatic rings. The quantitative estimate of drug-likeness (QED) is 0.833. The van der Waals surface area contributed by atoms with Crippen LogP contribution in [0.15, 0.2) is 47.1 Å². The van der Waals surface area contributed by atoms with Gasteiger partial charge in [-0.15, -0.1) is 0 Å². The standard InChI is InChI=1S/C17H19NO4/c1-17(2,12-6-8-13(21-3)9-7-12)16(20)18-11-14(19)15-5-4-10-22-15/h4-10H,11H2,1-3H3,(H,18,20). The molecule has 116 valence electrons. The van der Waals surface area contributed by atoms with Gasteiger partial charge in [0.2, 0.25) is 11.7 Å². The lowest BCUT2D eigenvalue weighted by Crippen LogP contribution is -2.42. The Morgan fingerprint density at radius 3 is 2.41 bits per heavy atom. The van der Waals surface area contributed by atoms with Crippen molar-refractivity contribution in [3.05, 3.63) is 54.0 Å². The number of furan rings is 1. The van der Waals surface area contributed by atoms with Crippen molar-refractivity contribution >= 4 is 11.7 Å². The van der Waals surface area contributed by atoms with Gasteiger partial charge in [0.1, 0.15) is 5.75 Å². The molecule has 0 bridgehead atoms. The Labute approximate surface area is 129 Å². The lowest BCUT2D eigenvalue weighted by atomic mass is 9.83. The average Bonchev–Trinajstić information content (AvgIpc) is 3.06. The van der Waals surface area contributed by atoms with Crippen molar-refractivity contribution in [3.8, 4) is 5.75 Å². The fraction of sp³-hybridized carbons (Fsp3) is 0.294. The van der Waals surface area contributed by atoms with Gasteiger partial charge in [0.05, 0.1) is 25.3 Å². The molecule has 0 fully saturated rings. The third kappa shape index (κ3) is 3.36. The topological polar surface area (TPSA) is 68.5 Å². The summed E-state index contributed by atoms with van der Waals surface area (Å²) in [6.45, 7) is 3.52. The smallest absolute Gasteiger partial charge is 0.230 e. The Hall–Kier alpha value is -2.56. The number of rotatable bonds is 6. The zero-order valence-corrected chi connectivity index (χ0v) is 12.9. The first-order valence-electron chi connectivity index (χ1n) is 6.94. The van der Waals surface area contributed by atoms with Crippen molar-refractivity contribution in [1.29, 1.82) is 0 Å². The summed E-state index contributed by atoms with van der Waals surface area (Å²) in [5.41, 5.74) is 0.0895. The summed E-state index contributed by atoms with van der Waals surface area (Å²) < 4.78 is 10.1. The summed E-state index contributed by atoms with van der Waals surface area (Å²) in [7, 11) is 1.59. The van der Waals surface area contributed by atoms with E-state index in [2.05, 4.69) is 5.32 Å². The van der Waals surface area contributed by atoms with Crippen molar-refractivity contribution in [3.63, 3.8) is 0 Å². The monoisotopic (exact) mass is 301 g/mol. The highest BCUT2D eigenvalue weighted by Gasteiger charge is 2.30. The van der Waals surface area contributed by atoms with Crippen molar-refractivity contribution in [2.45, 2.75) is 19.3 Å². The predicted octanol–water partition coefficient (Wildman–Crippen LogP) is 2.56. The molecule has 0 radical (unpaired) electrons. The Bertz CT molecular complexity index is 642. The van der Waals surface area contributed by atoms with Crippen LogP contribution in [0.3, 0.4) is 0 Å². The molecule has 0 unspecified atom stereocenters. The number of nitrogens with one attached hydrogen (secondary N) is 1. The van der Waals surface area contributed by atoms with Crippen LogP contribution in [0.2, 0.25) is 0 Å². The SMILES string of the molecule is COc1ccc(C(C)(C)C(=O)NCC(=O)c2ccco2)cc1. The Balaban J connectivity index is 2.01. The van der Waals surface area contributed by atoms with Crippen LogP contribution in [-0.4, -0.2) is 25.3 Å². The largest absolute Gasteiger partial charge is 0.497 e. The van der Waals surface area contributed by atoms with Crippen LogP contribution in [0.5, 0.6) is 5.75 Å². The fourth-order valence-electron chi connectivity index (χ4n) is 2.04. The molecule has 1 aromatic carbocycles. The molecule has 0 aliphatic heterocycles. The second kappa shape index (κ2) is 6.47. The molecular weight excluding hydrogens is 282 g/mol. The second-order valence-electron chi connectivity index (χ2n) is 5.44. The van der Waals surface area contributed by atoms with Crippen LogP contribution in [0, 0.1) is 0 Å². The van der Waals surface area contributed by atoms with Crippen LogP contribution < -0.4 is 10.1 Å². The van der Waals surface area contributed by atoms with E-state index in [0.29, 0.717) is 0 Å². The molecule has 22 heavy (non-hydrogen) atoms. The van der Waals surface area contributed by atoms with Gasteiger partial charge in [-0.05, 0) is 43.7 Å². The fourth-order valence-corrected chi connectivity index (χ4v) is 2.04. The zero-order valence-electron chi connectivity index (χ0n) is 12.9. The number of methoxy groups -OCH3 is 1. The molecule has 1 N–H and O–H groups in total. The summed E-state index contributed by atoms with van der Waals surface area (Å²) in [4.78, 5) is 24.2. The van der Waals surface area contributed by atoms with Crippen molar-refractivity contribution < 1.29 is 18.7 Å².